The van der Waals surface area contributed by atoms with Gasteiger partial charge in [0, 0.05) is 33.0 Å². The SMILES string of the molecule is CC(C)(C)c1ccc(N2c3cc4c(cc3B3c5c2cc(C(C)(C)C)cc5N(c2ccc(C(C)(C)C)cc2-c2ccccc2)c2sc5ccccc5c23)C(C)(C)CCC4(C)C)cc1. The van der Waals surface area contributed by atoms with E-state index in [-0.39, 0.29) is 33.8 Å². The van der Waals surface area contributed by atoms with Crippen molar-refractivity contribution in [1.29, 1.82) is 0 Å². The van der Waals surface area contributed by atoms with E-state index in [1.165, 1.54) is 112 Å². The van der Waals surface area contributed by atoms with Crippen LogP contribution in [0.25, 0.3) is 21.2 Å². The van der Waals surface area contributed by atoms with Gasteiger partial charge in [0.1, 0.15) is 0 Å². The lowest BCUT2D eigenvalue weighted by Gasteiger charge is -2.47. The second-order valence-electron chi connectivity index (χ2n) is 23.0. The van der Waals surface area contributed by atoms with E-state index in [2.05, 4.69) is 221 Å². The minimum Gasteiger partial charge on any atom is -0.311 e. The average Bonchev–Trinajstić information content (AvgIpc) is 3.60. The second kappa shape index (κ2) is 13.7. The van der Waals surface area contributed by atoms with E-state index in [1.54, 1.807) is 0 Å². The summed E-state index contributed by atoms with van der Waals surface area (Å²) in [5.41, 5.74) is 20.2. The van der Waals surface area contributed by atoms with Crippen molar-refractivity contribution in [3.63, 3.8) is 0 Å². The Bertz CT molecular complexity index is 2910. The molecular formula is C58H63BN2S. The Kier molecular flexibility index (Phi) is 9.07. The predicted molar refractivity (Wildman–Crippen MR) is 273 cm³/mol. The van der Waals surface area contributed by atoms with Gasteiger partial charge in [-0.25, -0.2) is 0 Å². The Morgan fingerprint density at radius 1 is 0.500 bits per heavy atom. The zero-order valence-electron chi connectivity index (χ0n) is 39.3. The van der Waals surface area contributed by atoms with Crippen LogP contribution < -0.4 is 26.2 Å². The molecule has 314 valence electrons. The fraction of sp³-hybridized carbons (Fsp3) is 0.345. The molecule has 0 spiro atoms. The molecule has 0 unspecified atom stereocenters. The molecule has 2 nitrogen and oxygen atoms in total. The fourth-order valence-electron chi connectivity index (χ4n) is 10.6. The molecule has 7 aromatic rings. The Balaban J connectivity index is 1.37. The van der Waals surface area contributed by atoms with E-state index in [4.69, 9.17) is 0 Å². The third kappa shape index (κ3) is 6.41. The molecular weight excluding hydrogens is 768 g/mol. The predicted octanol–water partition coefficient (Wildman–Crippen LogP) is 14.9. The molecule has 0 bridgehead atoms. The van der Waals surface area contributed by atoms with Crippen LogP contribution in [0.4, 0.5) is 33.4 Å². The summed E-state index contributed by atoms with van der Waals surface area (Å²) in [4.78, 5) is 5.33. The molecule has 62 heavy (non-hydrogen) atoms. The maximum Gasteiger partial charge on any atom is 0.254 e. The monoisotopic (exact) mass is 830 g/mol. The second-order valence-corrected chi connectivity index (χ2v) is 24.0. The smallest absolute Gasteiger partial charge is 0.254 e. The maximum atomic E-state index is 2.68. The van der Waals surface area contributed by atoms with Crippen molar-refractivity contribution >= 4 is 78.0 Å². The summed E-state index contributed by atoms with van der Waals surface area (Å²) in [6.45, 7) is 31.0. The number of fused-ring (bicyclic) bond motifs is 7. The van der Waals surface area contributed by atoms with Crippen molar-refractivity contribution in [1.82, 2.24) is 0 Å². The summed E-state index contributed by atoms with van der Waals surface area (Å²) in [5.74, 6) is 0. The molecule has 0 saturated carbocycles. The fourth-order valence-corrected chi connectivity index (χ4v) is 11.9. The van der Waals surface area contributed by atoms with Crippen LogP contribution in [0.2, 0.25) is 0 Å². The first-order valence-corrected chi connectivity index (χ1v) is 23.7. The van der Waals surface area contributed by atoms with Crippen molar-refractivity contribution in [3.05, 3.63) is 149 Å². The van der Waals surface area contributed by atoms with Crippen LogP contribution in [0.15, 0.2) is 121 Å². The molecule has 0 N–H and O–H groups in total. The van der Waals surface area contributed by atoms with Gasteiger partial charge in [-0.05, 0) is 144 Å². The topological polar surface area (TPSA) is 6.48 Å². The molecule has 0 atom stereocenters. The summed E-state index contributed by atoms with van der Waals surface area (Å²) >= 11 is 1.96. The van der Waals surface area contributed by atoms with Crippen molar-refractivity contribution in [2.45, 2.75) is 130 Å². The molecule has 3 aliphatic rings. The van der Waals surface area contributed by atoms with E-state index in [0.29, 0.717) is 0 Å². The van der Waals surface area contributed by atoms with E-state index < -0.39 is 0 Å². The van der Waals surface area contributed by atoms with E-state index >= 15 is 0 Å². The number of rotatable bonds is 3. The van der Waals surface area contributed by atoms with Crippen LogP contribution >= 0.6 is 11.3 Å². The van der Waals surface area contributed by atoms with Gasteiger partial charge >= 0.3 is 0 Å². The summed E-state index contributed by atoms with van der Waals surface area (Å²) in [5, 5.41) is 2.69. The Hall–Kier alpha value is -5.06. The summed E-state index contributed by atoms with van der Waals surface area (Å²) < 4.78 is 1.33. The van der Waals surface area contributed by atoms with Crippen LogP contribution in [0, 0.1) is 0 Å². The van der Waals surface area contributed by atoms with Crippen LogP contribution in [0.5, 0.6) is 0 Å². The number of hydrogen-bond acceptors (Lipinski definition) is 3. The first-order chi connectivity index (χ1) is 29.1. The third-order valence-electron chi connectivity index (χ3n) is 14.6. The molecule has 4 heteroatoms. The highest BCUT2D eigenvalue weighted by Crippen LogP contribution is 2.53. The van der Waals surface area contributed by atoms with Gasteiger partial charge < -0.3 is 9.80 Å². The normalized spacial score (nSPS) is 16.5. The number of hydrogen-bond donors (Lipinski definition) is 0. The minimum absolute atomic E-state index is 0.00261. The minimum atomic E-state index is -0.102. The molecule has 0 amide bonds. The lowest BCUT2D eigenvalue weighted by molar-refractivity contribution is 0.332. The van der Waals surface area contributed by atoms with Gasteiger partial charge in [0.15, 0.2) is 0 Å². The zero-order chi connectivity index (χ0) is 43.9. The highest BCUT2D eigenvalue weighted by molar-refractivity contribution is 7.26. The summed E-state index contributed by atoms with van der Waals surface area (Å²) in [7, 11) is 0. The lowest BCUT2D eigenvalue weighted by atomic mass is 9.33. The molecule has 1 aliphatic carbocycles. The Morgan fingerprint density at radius 2 is 1.06 bits per heavy atom. The van der Waals surface area contributed by atoms with Gasteiger partial charge in [0.25, 0.3) is 6.71 Å². The third-order valence-corrected chi connectivity index (χ3v) is 15.8. The van der Waals surface area contributed by atoms with Gasteiger partial charge in [-0.1, -0.05) is 163 Å². The molecule has 3 heterocycles. The molecule has 6 aromatic carbocycles. The molecule has 0 saturated heterocycles. The quantitative estimate of drug-likeness (QED) is 0.164. The van der Waals surface area contributed by atoms with Gasteiger partial charge in [-0.3, -0.25) is 0 Å². The molecule has 0 fully saturated rings. The van der Waals surface area contributed by atoms with Crippen LogP contribution in [-0.4, -0.2) is 6.71 Å². The van der Waals surface area contributed by atoms with Gasteiger partial charge in [-0.15, -0.1) is 11.3 Å². The van der Waals surface area contributed by atoms with Crippen LogP contribution in [0.3, 0.4) is 0 Å². The van der Waals surface area contributed by atoms with E-state index in [0.717, 1.165) is 0 Å². The summed E-state index contributed by atoms with van der Waals surface area (Å²) in [6, 6.07) is 47.5. The lowest BCUT2D eigenvalue weighted by Crippen LogP contribution is -2.61. The largest absolute Gasteiger partial charge is 0.311 e. The Morgan fingerprint density at radius 3 is 1.69 bits per heavy atom. The average molecular weight is 831 g/mol. The van der Waals surface area contributed by atoms with Gasteiger partial charge in [-0.2, -0.15) is 0 Å². The zero-order valence-corrected chi connectivity index (χ0v) is 40.2. The maximum absolute atomic E-state index is 2.68. The van der Waals surface area contributed by atoms with Crippen molar-refractivity contribution in [3.8, 4) is 11.1 Å². The first kappa shape index (κ1) is 41.0. The van der Waals surface area contributed by atoms with Gasteiger partial charge in [0.2, 0.25) is 0 Å². The van der Waals surface area contributed by atoms with Crippen LogP contribution in [-0.2, 0) is 27.1 Å². The highest BCUT2D eigenvalue weighted by atomic mass is 32.1. The standard InChI is InChI=1S/C58H63BN2S/c1-54(2,3)37-23-26-40(27-24-37)60-47-35-44-43(57(10,11)29-30-58(44,12)13)34-45(47)59-51-41-21-17-18-22-50(41)62-53(51)61(49-33-39(56(7,8)9)32-48(60)52(49)59)46-28-25-38(55(4,5)6)31-42(46)36-19-15-14-16-20-36/h14-28,31-35H,29-30H2,1-13H3. The number of anilines is 6. The highest BCUT2D eigenvalue weighted by Gasteiger charge is 2.48. The van der Waals surface area contributed by atoms with Crippen molar-refractivity contribution in [2.24, 2.45) is 0 Å². The Labute approximate surface area is 376 Å². The van der Waals surface area contributed by atoms with Crippen LogP contribution in [0.1, 0.15) is 131 Å². The van der Waals surface area contributed by atoms with E-state index in [9.17, 15) is 0 Å². The molecule has 0 radical (unpaired) electrons. The first-order valence-electron chi connectivity index (χ1n) is 22.9. The number of thiophene rings is 1. The number of benzene rings is 6. The van der Waals surface area contributed by atoms with Crippen molar-refractivity contribution < 1.29 is 0 Å². The van der Waals surface area contributed by atoms with E-state index in [1.807, 2.05) is 11.3 Å². The molecule has 1 aromatic heterocycles. The summed E-state index contributed by atoms with van der Waals surface area (Å²) in [6.07, 6.45) is 2.36. The molecule has 10 rings (SSSR count). The molecule has 2 aliphatic heterocycles. The van der Waals surface area contributed by atoms with Crippen molar-refractivity contribution in [2.75, 3.05) is 9.80 Å². The van der Waals surface area contributed by atoms with Gasteiger partial charge in [0.05, 0.1) is 10.7 Å². The number of nitrogens with zero attached hydrogens (tertiary/aromatic N) is 2.